The highest BCUT2D eigenvalue weighted by Gasteiger charge is 2.08. The Morgan fingerprint density at radius 3 is 2.63 bits per heavy atom. The Labute approximate surface area is 158 Å². The summed E-state index contributed by atoms with van der Waals surface area (Å²) >= 11 is 0. The lowest BCUT2D eigenvalue weighted by Crippen LogP contribution is -1.99. The molecule has 0 aliphatic carbocycles. The highest BCUT2D eigenvalue weighted by Crippen LogP contribution is 2.22. The molecule has 0 aliphatic rings. The SMILES string of the molecule is C=N/C(C)=C\C=C(/C)Nc1ccc2c(c1)ncn2-c1ccc(C(C)=O)cn1. The van der Waals surface area contributed by atoms with Crippen molar-refractivity contribution in [2.75, 3.05) is 5.32 Å². The molecule has 1 aromatic carbocycles. The molecule has 136 valence electrons. The van der Waals surface area contributed by atoms with Crippen molar-refractivity contribution in [3.05, 3.63) is 72.0 Å². The van der Waals surface area contributed by atoms with Gasteiger partial charge in [-0.3, -0.25) is 14.4 Å². The number of aromatic nitrogens is 3. The molecule has 2 aromatic heterocycles. The fraction of sp³-hybridized carbons (Fsp3) is 0.143. The number of hydrogen-bond acceptors (Lipinski definition) is 5. The molecule has 2 heterocycles. The summed E-state index contributed by atoms with van der Waals surface area (Å²) < 4.78 is 1.90. The van der Waals surface area contributed by atoms with Crippen LogP contribution in [0.25, 0.3) is 16.9 Å². The number of pyridine rings is 1. The largest absolute Gasteiger partial charge is 0.359 e. The number of hydrogen-bond donors (Lipinski definition) is 1. The van der Waals surface area contributed by atoms with Gasteiger partial charge >= 0.3 is 0 Å². The maximum Gasteiger partial charge on any atom is 0.161 e. The number of fused-ring (bicyclic) bond motifs is 1. The average molecular weight is 359 g/mol. The standard InChI is InChI=1S/C21H21N5O/c1-14(22-4)5-6-15(2)25-18-8-9-20-19(11-18)24-13-26(20)21-10-7-17(12-23-21)16(3)27/h5-13,25H,4H2,1-3H3/b14-5-,15-6+. The van der Waals surface area contributed by atoms with Gasteiger partial charge in [0.1, 0.15) is 12.1 Å². The van der Waals surface area contributed by atoms with Crippen LogP contribution in [0.5, 0.6) is 0 Å². The second-order valence-corrected chi connectivity index (χ2v) is 6.22. The van der Waals surface area contributed by atoms with Crippen LogP contribution < -0.4 is 5.32 Å². The fourth-order valence-electron chi connectivity index (χ4n) is 2.58. The molecule has 6 nitrogen and oxygen atoms in total. The number of imidazole rings is 1. The number of carbonyl (C=O) groups is 1. The predicted molar refractivity (Wildman–Crippen MR) is 110 cm³/mol. The zero-order chi connectivity index (χ0) is 19.4. The van der Waals surface area contributed by atoms with E-state index in [1.54, 1.807) is 18.6 Å². The van der Waals surface area contributed by atoms with Gasteiger partial charge in [-0.2, -0.15) is 0 Å². The van der Waals surface area contributed by atoms with E-state index >= 15 is 0 Å². The lowest BCUT2D eigenvalue weighted by atomic mass is 10.2. The van der Waals surface area contributed by atoms with Crippen LogP contribution in [-0.2, 0) is 0 Å². The molecular formula is C21H21N5O. The molecule has 27 heavy (non-hydrogen) atoms. The Hall–Kier alpha value is -3.54. The molecule has 0 atom stereocenters. The van der Waals surface area contributed by atoms with Crippen molar-refractivity contribution in [1.29, 1.82) is 0 Å². The number of allylic oxidation sites excluding steroid dienone is 4. The minimum Gasteiger partial charge on any atom is -0.359 e. The van der Waals surface area contributed by atoms with Gasteiger partial charge in [0, 0.05) is 28.8 Å². The molecule has 3 aromatic rings. The number of carbonyl (C=O) groups excluding carboxylic acids is 1. The van der Waals surface area contributed by atoms with Gasteiger partial charge in [-0.1, -0.05) is 0 Å². The van der Waals surface area contributed by atoms with E-state index < -0.39 is 0 Å². The number of ketones is 1. The second-order valence-electron chi connectivity index (χ2n) is 6.22. The van der Waals surface area contributed by atoms with E-state index in [2.05, 4.69) is 27.0 Å². The summed E-state index contributed by atoms with van der Waals surface area (Å²) in [5.74, 6) is 0.717. The van der Waals surface area contributed by atoms with Crippen LogP contribution in [-0.4, -0.2) is 27.0 Å². The summed E-state index contributed by atoms with van der Waals surface area (Å²) in [7, 11) is 0. The Morgan fingerprint density at radius 2 is 1.96 bits per heavy atom. The molecule has 0 aliphatic heterocycles. The molecule has 3 rings (SSSR count). The number of rotatable bonds is 6. The van der Waals surface area contributed by atoms with Crippen LogP contribution in [0.1, 0.15) is 31.1 Å². The lowest BCUT2D eigenvalue weighted by molar-refractivity contribution is 0.101. The van der Waals surface area contributed by atoms with Crippen LogP contribution in [0.2, 0.25) is 0 Å². The number of benzene rings is 1. The van der Waals surface area contributed by atoms with Gasteiger partial charge in [0.05, 0.1) is 11.0 Å². The van der Waals surface area contributed by atoms with Crippen LogP contribution in [0, 0.1) is 0 Å². The topological polar surface area (TPSA) is 72.2 Å². The number of anilines is 1. The number of nitrogens with zero attached hydrogens (tertiary/aromatic N) is 4. The Balaban J connectivity index is 1.86. The van der Waals surface area contributed by atoms with Crippen molar-refractivity contribution in [3.63, 3.8) is 0 Å². The monoisotopic (exact) mass is 359 g/mol. The zero-order valence-electron chi connectivity index (χ0n) is 15.6. The first-order valence-corrected chi connectivity index (χ1v) is 8.51. The third-order valence-corrected chi connectivity index (χ3v) is 4.11. The van der Waals surface area contributed by atoms with E-state index in [0.717, 1.165) is 33.9 Å². The maximum atomic E-state index is 11.4. The molecule has 0 saturated heterocycles. The molecule has 0 amide bonds. The molecule has 0 radical (unpaired) electrons. The summed E-state index contributed by atoms with van der Waals surface area (Å²) in [4.78, 5) is 24.1. The molecule has 1 N–H and O–H groups in total. The first-order valence-electron chi connectivity index (χ1n) is 8.51. The normalized spacial score (nSPS) is 12.3. The molecule has 0 spiro atoms. The Morgan fingerprint density at radius 1 is 1.15 bits per heavy atom. The summed E-state index contributed by atoms with van der Waals surface area (Å²) in [6.07, 6.45) is 7.17. The van der Waals surface area contributed by atoms with Crippen LogP contribution in [0.4, 0.5) is 5.69 Å². The smallest absolute Gasteiger partial charge is 0.161 e. The van der Waals surface area contributed by atoms with Crippen molar-refractivity contribution in [2.24, 2.45) is 4.99 Å². The van der Waals surface area contributed by atoms with E-state index in [1.807, 2.05) is 54.8 Å². The second kappa shape index (κ2) is 7.78. The summed E-state index contributed by atoms with van der Waals surface area (Å²) in [5, 5.41) is 3.33. The van der Waals surface area contributed by atoms with E-state index in [0.29, 0.717) is 5.56 Å². The van der Waals surface area contributed by atoms with Crippen LogP contribution in [0.15, 0.2) is 71.4 Å². The van der Waals surface area contributed by atoms with Gasteiger partial charge in [0.25, 0.3) is 0 Å². The zero-order valence-corrected chi connectivity index (χ0v) is 15.6. The number of Topliss-reactive ketones (excluding diaryl/α,β-unsaturated/α-hetero) is 1. The first kappa shape index (κ1) is 18.3. The maximum absolute atomic E-state index is 11.4. The fourth-order valence-corrected chi connectivity index (χ4v) is 2.58. The van der Waals surface area contributed by atoms with E-state index in [4.69, 9.17) is 0 Å². The van der Waals surface area contributed by atoms with Crippen LogP contribution in [0.3, 0.4) is 0 Å². The Kier molecular flexibility index (Phi) is 5.26. The van der Waals surface area contributed by atoms with Gasteiger partial charge < -0.3 is 5.32 Å². The summed E-state index contributed by atoms with van der Waals surface area (Å²) in [6, 6.07) is 9.55. The minimum atomic E-state index is -0.00223. The first-order chi connectivity index (χ1) is 13.0. The highest BCUT2D eigenvalue weighted by atomic mass is 16.1. The number of nitrogens with one attached hydrogen (secondary N) is 1. The third-order valence-electron chi connectivity index (χ3n) is 4.11. The molecule has 0 fully saturated rings. The van der Waals surface area contributed by atoms with Gasteiger partial charge in [-0.25, -0.2) is 9.97 Å². The summed E-state index contributed by atoms with van der Waals surface area (Å²) in [6.45, 7) is 8.90. The van der Waals surface area contributed by atoms with Crippen molar-refractivity contribution >= 4 is 29.2 Å². The van der Waals surface area contributed by atoms with Gasteiger partial charge in [-0.15, -0.1) is 0 Å². The van der Waals surface area contributed by atoms with Crippen LogP contribution >= 0.6 is 0 Å². The molecule has 6 heteroatoms. The quantitative estimate of drug-likeness (QED) is 0.398. The predicted octanol–water partition coefficient (Wildman–Crippen LogP) is 4.54. The third kappa shape index (κ3) is 4.17. The molecular weight excluding hydrogens is 338 g/mol. The van der Waals surface area contributed by atoms with Gasteiger partial charge in [-0.05, 0) is 70.0 Å². The van der Waals surface area contributed by atoms with Crippen molar-refractivity contribution in [3.8, 4) is 5.82 Å². The average Bonchev–Trinajstić information content (AvgIpc) is 3.09. The van der Waals surface area contributed by atoms with Gasteiger partial charge in [0.2, 0.25) is 0 Å². The van der Waals surface area contributed by atoms with E-state index in [9.17, 15) is 4.79 Å². The van der Waals surface area contributed by atoms with E-state index in [-0.39, 0.29) is 5.78 Å². The van der Waals surface area contributed by atoms with Crippen molar-refractivity contribution < 1.29 is 4.79 Å². The number of aliphatic imine (C=N–C) groups is 1. The molecule has 0 bridgehead atoms. The van der Waals surface area contributed by atoms with Crippen molar-refractivity contribution in [1.82, 2.24) is 14.5 Å². The highest BCUT2D eigenvalue weighted by molar-refractivity contribution is 5.93. The Bertz CT molecular complexity index is 1060. The van der Waals surface area contributed by atoms with Crippen molar-refractivity contribution in [2.45, 2.75) is 20.8 Å². The minimum absolute atomic E-state index is 0.00223. The van der Waals surface area contributed by atoms with E-state index in [1.165, 1.54) is 6.92 Å². The van der Waals surface area contributed by atoms with Gasteiger partial charge in [0.15, 0.2) is 5.78 Å². The lowest BCUT2D eigenvalue weighted by Gasteiger charge is -2.07. The molecule has 0 unspecified atom stereocenters. The molecule has 0 saturated carbocycles. The summed E-state index contributed by atoms with van der Waals surface area (Å²) in [5.41, 5.74) is 5.17.